The molecule has 0 saturated heterocycles. The second-order valence-corrected chi connectivity index (χ2v) is 8.73. The number of hydrogen-bond donors (Lipinski definition) is 1. The minimum Gasteiger partial charge on any atom is -0.491 e. The highest BCUT2D eigenvalue weighted by Gasteiger charge is 2.16. The number of ketones is 1. The molecule has 1 N–H and O–H groups in total. The number of aryl methyl sites for hydroxylation is 2. The normalized spacial score (nSPS) is 12.1. The Kier molecular flexibility index (Phi) is 6.21. The van der Waals surface area contributed by atoms with E-state index in [1.807, 2.05) is 24.4 Å². The van der Waals surface area contributed by atoms with E-state index in [1.165, 1.54) is 34.7 Å². The Bertz CT molecular complexity index is 1340. The summed E-state index contributed by atoms with van der Waals surface area (Å²) >= 11 is 1.44. The van der Waals surface area contributed by atoms with Crippen LogP contribution >= 0.6 is 11.3 Å². The molecule has 1 unspecified atom stereocenters. The van der Waals surface area contributed by atoms with Gasteiger partial charge in [0.2, 0.25) is 0 Å². The van der Waals surface area contributed by atoms with Crippen LogP contribution in [0.3, 0.4) is 0 Å². The van der Waals surface area contributed by atoms with Crippen molar-refractivity contribution in [2.24, 2.45) is 0 Å². The first-order chi connectivity index (χ1) is 15.3. The van der Waals surface area contributed by atoms with Gasteiger partial charge in [-0.2, -0.15) is 0 Å². The van der Waals surface area contributed by atoms with Gasteiger partial charge in [-0.3, -0.25) is 14.2 Å². The molecule has 0 radical (unpaired) electrons. The molecule has 2 aromatic heterocycles. The summed E-state index contributed by atoms with van der Waals surface area (Å²) in [6.45, 7) is 5.68. The van der Waals surface area contributed by atoms with Crippen LogP contribution in [0.25, 0.3) is 21.3 Å². The van der Waals surface area contributed by atoms with Crippen molar-refractivity contribution in [1.29, 1.82) is 0 Å². The molecule has 1 atom stereocenters. The van der Waals surface area contributed by atoms with E-state index in [1.54, 1.807) is 24.3 Å². The molecule has 6 nitrogen and oxygen atoms in total. The Morgan fingerprint density at radius 2 is 1.91 bits per heavy atom. The molecule has 0 amide bonds. The van der Waals surface area contributed by atoms with Crippen LogP contribution in [-0.2, 0) is 6.54 Å². The lowest BCUT2D eigenvalue weighted by Crippen LogP contribution is -2.30. The predicted octanol–water partition coefficient (Wildman–Crippen LogP) is 4.38. The maximum Gasteiger partial charge on any atom is 0.262 e. The molecule has 0 fully saturated rings. The summed E-state index contributed by atoms with van der Waals surface area (Å²) in [5.41, 5.74) is 4.61. The van der Waals surface area contributed by atoms with Crippen molar-refractivity contribution in [3.8, 4) is 16.9 Å². The maximum atomic E-state index is 13.2. The molecular formula is C25H24N2O4S. The molecule has 2 aromatic carbocycles. The van der Waals surface area contributed by atoms with Gasteiger partial charge in [0, 0.05) is 16.5 Å². The third-order valence-corrected chi connectivity index (χ3v) is 6.38. The van der Waals surface area contributed by atoms with Gasteiger partial charge in [-0.1, -0.05) is 18.2 Å². The first-order valence-electron chi connectivity index (χ1n) is 10.3. The largest absolute Gasteiger partial charge is 0.491 e. The van der Waals surface area contributed by atoms with Gasteiger partial charge in [0.1, 0.15) is 23.3 Å². The zero-order valence-corrected chi connectivity index (χ0v) is 19.0. The summed E-state index contributed by atoms with van der Waals surface area (Å²) in [4.78, 5) is 29.7. The number of aliphatic hydroxyl groups excluding tert-OH is 1. The molecule has 0 aliphatic heterocycles. The van der Waals surface area contributed by atoms with Gasteiger partial charge >= 0.3 is 0 Å². The fourth-order valence-electron chi connectivity index (χ4n) is 3.48. The first kappa shape index (κ1) is 21.9. The first-order valence-corrected chi connectivity index (χ1v) is 11.2. The molecule has 0 aliphatic carbocycles. The zero-order valence-electron chi connectivity index (χ0n) is 18.2. The van der Waals surface area contributed by atoms with E-state index in [-0.39, 0.29) is 24.5 Å². The summed E-state index contributed by atoms with van der Waals surface area (Å²) in [6.07, 6.45) is 0.569. The highest BCUT2D eigenvalue weighted by Crippen LogP contribution is 2.31. The van der Waals surface area contributed by atoms with Crippen LogP contribution in [-0.4, -0.2) is 33.2 Å². The van der Waals surface area contributed by atoms with Crippen molar-refractivity contribution in [1.82, 2.24) is 9.55 Å². The molecule has 2 heterocycles. The number of ether oxygens (including phenoxy) is 1. The van der Waals surface area contributed by atoms with Crippen molar-refractivity contribution in [2.75, 3.05) is 6.61 Å². The number of hydrogen-bond acceptors (Lipinski definition) is 6. The topological polar surface area (TPSA) is 81.4 Å². The minimum atomic E-state index is -0.900. The van der Waals surface area contributed by atoms with Gasteiger partial charge in [0.15, 0.2) is 5.78 Å². The van der Waals surface area contributed by atoms with E-state index in [0.29, 0.717) is 21.5 Å². The average molecular weight is 449 g/mol. The number of aliphatic hydroxyl groups is 1. The smallest absolute Gasteiger partial charge is 0.262 e. The lowest BCUT2D eigenvalue weighted by molar-refractivity contribution is 0.0914. The van der Waals surface area contributed by atoms with E-state index in [2.05, 4.69) is 18.0 Å². The fraction of sp³-hybridized carbons (Fsp3) is 0.240. The molecule has 0 saturated carbocycles. The van der Waals surface area contributed by atoms with Gasteiger partial charge in [0.25, 0.3) is 5.56 Å². The molecule has 0 bridgehead atoms. The van der Waals surface area contributed by atoms with Gasteiger partial charge in [0.05, 0.1) is 18.3 Å². The summed E-state index contributed by atoms with van der Waals surface area (Å²) in [7, 11) is 0. The standard InChI is InChI=1S/C25H24N2O4S/c1-15-4-5-19(10-16(15)2)22-13-32-24-23(22)25(30)27(14-26-24)11-20(29)12-31-21-8-6-18(7-9-21)17(3)28/h4-10,13-14,20,29H,11-12H2,1-3H3. The van der Waals surface area contributed by atoms with Crippen molar-refractivity contribution < 1.29 is 14.6 Å². The van der Waals surface area contributed by atoms with Crippen LogP contribution in [0.15, 0.2) is 59.0 Å². The van der Waals surface area contributed by atoms with Crippen molar-refractivity contribution in [3.63, 3.8) is 0 Å². The van der Waals surface area contributed by atoms with Crippen molar-refractivity contribution in [3.05, 3.63) is 81.2 Å². The van der Waals surface area contributed by atoms with Crippen molar-refractivity contribution in [2.45, 2.75) is 33.4 Å². The SMILES string of the molecule is CC(=O)c1ccc(OCC(O)Cn2cnc3scc(-c4ccc(C)c(C)c4)c3c2=O)cc1. The fourth-order valence-corrected chi connectivity index (χ4v) is 4.38. The number of rotatable bonds is 7. The Labute approximate surface area is 189 Å². The van der Waals surface area contributed by atoms with E-state index in [4.69, 9.17) is 4.74 Å². The maximum absolute atomic E-state index is 13.2. The quantitative estimate of drug-likeness (QED) is 0.424. The van der Waals surface area contributed by atoms with Crippen LogP contribution in [0.4, 0.5) is 0 Å². The van der Waals surface area contributed by atoms with Crippen LogP contribution in [0, 0.1) is 13.8 Å². The van der Waals surface area contributed by atoms with Crippen molar-refractivity contribution >= 4 is 27.3 Å². The summed E-state index contributed by atoms with van der Waals surface area (Å²) in [5.74, 6) is 0.525. The second-order valence-electron chi connectivity index (χ2n) is 7.88. The number of thiophene rings is 1. The number of nitrogens with zero attached hydrogens (tertiary/aromatic N) is 2. The third-order valence-electron chi connectivity index (χ3n) is 5.49. The Balaban J connectivity index is 1.53. The molecule has 4 aromatic rings. The van der Waals surface area contributed by atoms with E-state index < -0.39 is 6.10 Å². The molecule has 4 rings (SSSR count). The third kappa shape index (κ3) is 4.49. The summed E-state index contributed by atoms with van der Waals surface area (Å²) < 4.78 is 7.03. The predicted molar refractivity (Wildman–Crippen MR) is 127 cm³/mol. The monoisotopic (exact) mass is 448 g/mol. The van der Waals surface area contributed by atoms with Crippen LogP contribution < -0.4 is 10.3 Å². The second kappa shape index (κ2) is 9.06. The molecule has 32 heavy (non-hydrogen) atoms. The molecule has 0 spiro atoms. The lowest BCUT2D eigenvalue weighted by Gasteiger charge is -2.14. The van der Waals surface area contributed by atoms with E-state index in [0.717, 1.165) is 16.7 Å². The van der Waals surface area contributed by atoms with Gasteiger partial charge in [-0.15, -0.1) is 11.3 Å². The number of fused-ring (bicyclic) bond motifs is 1. The van der Waals surface area contributed by atoms with Crippen LogP contribution in [0.5, 0.6) is 5.75 Å². The molecule has 0 aliphatic rings. The Morgan fingerprint density at radius 3 is 2.59 bits per heavy atom. The zero-order chi connectivity index (χ0) is 22.8. The van der Waals surface area contributed by atoms with Crippen LogP contribution in [0.1, 0.15) is 28.4 Å². The van der Waals surface area contributed by atoms with E-state index >= 15 is 0 Å². The number of carbonyl (C=O) groups is 1. The van der Waals surface area contributed by atoms with Gasteiger partial charge in [-0.25, -0.2) is 4.98 Å². The number of benzene rings is 2. The molecular weight excluding hydrogens is 424 g/mol. The minimum absolute atomic E-state index is 0.0115. The highest BCUT2D eigenvalue weighted by atomic mass is 32.1. The number of Topliss-reactive ketones (excluding diaryl/α,β-unsaturated/α-hetero) is 1. The van der Waals surface area contributed by atoms with E-state index in [9.17, 15) is 14.7 Å². The van der Waals surface area contributed by atoms with Gasteiger partial charge < -0.3 is 9.84 Å². The molecule has 7 heteroatoms. The highest BCUT2D eigenvalue weighted by molar-refractivity contribution is 7.17. The van der Waals surface area contributed by atoms with Gasteiger partial charge in [-0.05, 0) is 61.7 Å². The number of carbonyl (C=O) groups excluding carboxylic acids is 1. The van der Waals surface area contributed by atoms with Crippen LogP contribution in [0.2, 0.25) is 0 Å². The molecule has 164 valence electrons. The summed E-state index contributed by atoms with van der Waals surface area (Å²) in [6, 6.07) is 12.9. The summed E-state index contributed by atoms with van der Waals surface area (Å²) in [5, 5.41) is 13.0. The number of aromatic nitrogens is 2. The Morgan fingerprint density at radius 1 is 1.16 bits per heavy atom. The Hall–Kier alpha value is -3.29. The average Bonchev–Trinajstić information content (AvgIpc) is 3.21. The lowest BCUT2D eigenvalue weighted by atomic mass is 10.0.